The van der Waals surface area contributed by atoms with Crippen LogP contribution in [-0.4, -0.2) is 32.8 Å². The molecule has 2 N–H and O–H groups in total. The third-order valence-corrected chi connectivity index (χ3v) is 3.86. The zero-order valence-electron chi connectivity index (χ0n) is 10.9. The molecule has 1 aromatic rings. The lowest BCUT2D eigenvalue weighted by Crippen LogP contribution is -2.34. The quantitative estimate of drug-likeness (QED) is 0.755. The average Bonchev–Trinajstić information content (AvgIpc) is 2.39. The summed E-state index contributed by atoms with van der Waals surface area (Å²) in [5.74, 6) is 5.99. The lowest BCUT2D eigenvalue weighted by molar-refractivity contribution is 0.265. The molecule has 0 aliphatic rings. The van der Waals surface area contributed by atoms with Crippen molar-refractivity contribution in [3.63, 3.8) is 0 Å². The number of sulfonamides is 1. The zero-order valence-corrected chi connectivity index (χ0v) is 11.7. The monoisotopic (exact) mass is 283 g/mol. The molecule has 0 heterocycles. The van der Waals surface area contributed by atoms with Crippen LogP contribution in [0.1, 0.15) is 13.8 Å². The van der Waals surface area contributed by atoms with Gasteiger partial charge in [0.25, 0.3) is 0 Å². The van der Waals surface area contributed by atoms with E-state index in [0.29, 0.717) is 5.75 Å². The van der Waals surface area contributed by atoms with Crippen LogP contribution in [0.4, 0.5) is 0 Å². The highest BCUT2D eigenvalue weighted by Crippen LogP contribution is 2.16. The first-order valence-corrected chi connectivity index (χ1v) is 7.23. The summed E-state index contributed by atoms with van der Waals surface area (Å²) >= 11 is 0. The molecule has 19 heavy (non-hydrogen) atoms. The Hall–Kier alpha value is -1.55. The molecule has 0 fully saturated rings. The minimum atomic E-state index is -3.61. The first-order chi connectivity index (χ1) is 8.99. The molecule has 0 unspecified atom stereocenters. The number of hydrogen-bond donors (Lipinski definition) is 2. The van der Waals surface area contributed by atoms with E-state index < -0.39 is 16.1 Å². The smallest absolute Gasteiger partial charge is 0.240 e. The predicted molar refractivity (Wildman–Crippen MR) is 72.3 cm³/mol. The van der Waals surface area contributed by atoms with E-state index in [1.165, 1.54) is 12.1 Å². The molecule has 0 amide bonds. The standard InChI is InChI=1S/C13H17NO4S/c1-3-4-9-18-12-5-7-13(8-6-12)19(16,17)14-11(2)10-15/h5-8,11,14-15H,9-10H2,1-2H3/t11-/m1/s1. The van der Waals surface area contributed by atoms with Gasteiger partial charge in [0.2, 0.25) is 10.0 Å². The van der Waals surface area contributed by atoms with Crippen LogP contribution in [0.2, 0.25) is 0 Å². The first kappa shape index (κ1) is 15.5. The van der Waals surface area contributed by atoms with E-state index in [4.69, 9.17) is 9.84 Å². The molecule has 0 saturated carbocycles. The van der Waals surface area contributed by atoms with Crippen molar-refractivity contribution < 1.29 is 18.3 Å². The highest BCUT2D eigenvalue weighted by Gasteiger charge is 2.16. The Morgan fingerprint density at radius 3 is 2.53 bits per heavy atom. The van der Waals surface area contributed by atoms with Crippen LogP contribution in [-0.2, 0) is 10.0 Å². The maximum absolute atomic E-state index is 11.9. The minimum Gasteiger partial charge on any atom is -0.481 e. The molecule has 0 radical (unpaired) electrons. The van der Waals surface area contributed by atoms with Gasteiger partial charge in [0.1, 0.15) is 12.4 Å². The summed E-state index contributed by atoms with van der Waals surface area (Å²) in [6.07, 6.45) is 0. The summed E-state index contributed by atoms with van der Waals surface area (Å²) in [6.45, 7) is 3.31. The van der Waals surface area contributed by atoms with Crippen molar-refractivity contribution in [3.8, 4) is 17.6 Å². The number of nitrogens with one attached hydrogen (secondary N) is 1. The maximum Gasteiger partial charge on any atom is 0.240 e. The lowest BCUT2D eigenvalue weighted by atomic mass is 10.3. The number of ether oxygens (including phenoxy) is 1. The normalized spacial score (nSPS) is 12.4. The van der Waals surface area contributed by atoms with Gasteiger partial charge in [-0.25, -0.2) is 13.1 Å². The molecule has 0 aliphatic carbocycles. The van der Waals surface area contributed by atoms with Crippen LogP contribution < -0.4 is 9.46 Å². The van der Waals surface area contributed by atoms with Crippen molar-refractivity contribution in [1.29, 1.82) is 0 Å². The molecule has 0 saturated heterocycles. The summed E-state index contributed by atoms with van der Waals surface area (Å²) in [5, 5.41) is 8.85. The van der Waals surface area contributed by atoms with Gasteiger partial charge in [-0.15, -0.1) is 5.92 Å². The third-order valence-electron chi connectivity index (χ3n) is 2.25. The van der Waals surface area contributed by atoms with Crippen LogP contribution in [0.3, 0.4) is 0 Å². The van der Waals surface area contributed by atoms with Gasteiger partial charge < -0.3 is 9.84 Å². The highest BCUT2D eigenvalue weighted by atomic mass is 32.2. The van der Waals surface area contributed by atoms with Crippen molar-refractivity contribution in [2.45, 2.75) is 24.8 Å². The van der Waals surface area contributed by atoms with Crippen LogP contribution in [0.5, 0.6) is 5.75 Å². The average molecular weight is 283 g/mol. The summed E-state index contributed by atoms with van der Waals surface area (Å²) < 4.78 is 31.4. The molecule has 1 rings (SSSR count). The Labute approximate surface area is 113 Å². The predicted octanol–water partition coefficient (Wildman–Crippen LogP) is 0.748. The Morgan fingerprint density at radius 1 is 1.37 bits per heavy atom. The minimum absolute atomic E-state index is 0.127. The maximum atomic E-state index is 11.9. The van der Waals surface area contributed by atoms with Crippen molar-refractivity contribution in [3.05, 3.63) is 24.3 Å². The Bertz CT molecular complexity index is 555. The second-order valence-corrected chi connectivity index (χ2v) is 5.61. The summed E-state index contributed by atoms with van der Waals surface area (Å²) in [4.78, 5) is 0.127. The Kier molecular flexibility index (Phi) is 5.83. The molecule has 0 aliphatic heterocycles. The van der Waals surface area contributed by atoms with E-state index in [2.05, 4.69) is 16.6 Å². The molecule has 0 bridgehead atoms. The van der Waals surface area contributed by atoms with Gasteiger partial charge in [-0.3, -0.25) is 0 Å². The van der Waals surface area contributed by atoms with Crippen LogP contribution in [0.25, 0.3) is 0 Å². The van der Waals surface area contributed by atoms with Crippen molar-refractivity contribution in [1.82, 2.24) is 4.72 Å². The Morgan fingerprint density at radius 2 is 2.00 bits per heavy atom. The summed E-state index contributed by atoms with van der Waals surface area (Å²) in [5.41, 5.74) is 0. The second kappa shape index (κ2) is 7.14. The molecular formula is C13H17NO4S. The molecule has 1 aromatic carbocycles. The molecule has 0 aromatic heterocycles. The van der Waals surface area contributed by atoms with Gasteiger partial charge in [-0.2, -0.15) is 0 Å². The zero-order chi connectivity index (χ0) is 14.3. The largest absolute Gasteiger partial charge is 0.481 e. The molecular weight excluding hydrogens is 266 g/mol. The second-order valence-electron chi connectivity index (χ2n) is 3.89. The topological polar surface area (TPSA) is 75.6 Å². The fourth-order valence-electron chi connectivity index (χ4n) is 1.28. The van der Waals surface area contributed by atoms with E-state index >= 15 is 0 Å². The van der Waals surface area contributed by atoms with Crippen LogP contribution in [0.15, 0.2) is 29.2 Å². The molecule has 104 valence electrons. The first-order valence-electron chi connectivity index (χ1n) is 5.75. The van der Waals surface area contributed by atoms with Crippen molar-refractivity contribution >= 4 is 10.0 Å². The third kappa shape index (κ3) is 4.91. The van der Waals surface area contributed by atoms with Gasteiger partial charge in [-0.1, -0.05) is 5.92 Å². The van der Waals surface area contributed by atoms with Crippen LogP contribution >= 0.6 is 0 Å². The number of aliphatic hydroxyl groups is 1. The SMILES string of the molecule is CC#CCOc1ccc(S(=O)(=O)N[C@H](C)CO)cc1. The van der Waals surface area contributed by atoms with E-state index in [1.54, 1.807) is 26.0 Å². The summed E-state index contributed by atoms with van der Waals surface area (Å²) in [7, 11) is -3.61. The van der Waals surface area contributed by atoms with E-state index in [1.807, 2.05) is 0 Å². The number of benzene rings is 1. The van der Waals surface area contributed by atoms with Gasteiger partial charge >= 0.3 is 0 Å². The van der Waals surface area contributed by atoms with Crippen LogP contribution in [0, 0.1) is 11.8 Å². The van der Waals surface area contributed by atoms with E-state index in [0.717, 1.165) is 0 Å². The van der Waals surface area contributed by atoms with E-state index in [9.17, 15) is 8.42 Å². The molecule has 1 atom stereocenters. The van der Waals surface area contributed by atoms with Gasteiger partial charge in [0, 0.05) is 6.04 Å². The van der Waals surface area contributed by atoms with Crippen molar-refractivity contribution in [2.24, 2.45) is 0 Å². The number of rotatable bonds is 6. The fraction of sp³-hybridized carbons (Fsp3) is 0.385. The summed E-state index contributed by atoms with van der Waals surface area (Å²) in [6, 6.07) is 5.49. The lowest BCUT2D eigenvalue weighted by Gasteiger charge is -2.11. The Balaban J connectivity index is 2.76. The number of hydrogen-bond acceptors (Lipinski definition) is 4. The number of aliphatic hydroxyl groups excluding tert-OH is 1. The fourth-order valence-corrected chi connectivity index (χ4v) is 2.51. The molecule has 0 spiro atoms. The van der Waals surface area contributed by atoms with E-state index in [-0.39, 0.29) is 18.1 Å². The highest BCUT2D eigenvalue weighted by molar-refractivity contribution is 7.89. The van der Waals surface area contributed by atoms with Gasteiger partial charge in [0.15, 0.2) is 0 Å². The molecule has 6 heteroatoms. The van der Waals surface area contributed by atoms with Crippen molar-refractivity contribution in [2.75, 3.05) is 13.2 Å². The van der Waals surface area contributed by atoms with Gasteiger partial charge in [0.05, 0.1) is 11.5 Å². The van der Waals surface area contributed by atoms with Gasteiger partial charge in [-0.05, 0) is 38.1 Å². The molecule has 5 nitrogen and oxygen atoms in total.